The number of rotatable bonds is 2. The Morgan fingerprint density at radius 2 is 1.62 bits per heavy atom. The van der Waals surface area contributed by atoms with Crippen LogP contribution < -0.4 is 0 Å². The summed E-state index contributed by atoms with van der Waals surface area (Å²) in [5, 5.41) is 14.2. The Bertz CT molecular complexity index is 797. The van der Waals surface area contributed by atoms with Crippen molar-refractivity contribution in [1.29, 1.82) is 0 Å². The summed E-state index contributed by atoms with van der Waals surface area (Å²) < 4.78 is 69.4. The normalized spacial score (nSPS) is 20.6. The minimum Gasteiger partial charge on any atom is -0.475 e. The van der Waals surface area contributed by atoms with E-state index in [2.05, 4.69) is 16.0 Å². The summed E-state index contributed by atoms with van der Waals surface area (Å²) in [7, 11) is 0. The minimum atomic E-state index is -5.08. The van der Waals surface area contributed by atoms with Gasteiger partial charge in [-0.3, -0.25) is 14.7 Å². The number of amides is 1. The van der Waals surface area contributed by atoms with Gasteiger partial charge in [0.05, 0.1) is 12.7 Å². The van der Waals surface area contributed by atoms with E-state index in [1.54, 1.807) is 13.1 Å². The zero-order chi connectivity index (χ0) is 26.1. The quantitative estimate of drug-likeness (QED) is 0.589. The maximum Gasteiger partial charge on any atom is 0.490 e. The molecule has 15 heteroatoms. The van der Waals surface area contributed by atoms with Gasteiger partial charge in [-0.25, -0.2) is 9.59 Å². The SMILES string of the molecule is CC(=O)N1C[C@@H]2CN(Cc3cccnc3)CCO[C@@H]2C1.O=C(O)C(F)(F)F.O=C(O)C(F)(F)F. The molecule has 2 aliphatic rings. The van der Waals surface area contributed by atoms with Crippen LogP contribution in [0.4, 0.5) is 26.3 Å². The van der Waals surface area contributed by atoms with E-state index in [1.165, 1.54) is 5.56 Å². The van der Waals surface area contributed by atoms with Crippen molar-refractivity contribution in [2.24, 2.45) is 5.92 Å². The summed E-state index contributed by atoms with van der Waals surface area (Å²) in [5.41, 5.74) is 1.23. The number of pyridine rings is 1. The Labute approximate surface area is 189 Å². The molecule has 1 aromatic rings. The van der Waals surface area contributed by atoms with E-state index in [0.717, 1.165) is 39.3 Å². The van der Waals surface area contributed by atoms with Gasteiger partial charge in [0.1, 0.15) is 0 Å². The highest BCUT2D eigenvalue weighted by molar-refractivity contribution is 5.74. The molecule has 0 unspecified atom stereocenters. The molecular weight excluding hydrogens is 480 g/mol. The summed E-state index contributed by atoms with van der Waals surface area (Å²) in [6.07, 6.45) is -6.25. The molecule has 1 amide bonds. The molecule has 9 nitrogen and oxygen atoms in total. The summed E-state index contributed by atoms with van der Waals surface area (Å²) in [6, 6.07) is 4.08. The third-order valence-corrected chi connectivity index (χ3v) is 4.67. The van der Waals surface area contributed by atoms with Crippen molar-refractivity contribution in [2.75, 3.05) is 32.8 Å². The van der Waals surface area contributed by atoms with E-state index in [0.29, 0.717) is 5.92 Å². The first kappa shape index (κ1) is 29.1. The molecule has 2 atom stereocenters. The lowest BCUT2D eigenvalue weighted by Gasteiger charge is -2.23. The minimum absolute atomic E-state index is 0.153. The second-order valence-electron chi connectivity index (χ2n) is 7.30. The number of carboxylic acid groups (broad SMARTS) is 2. The first-order valence-corrected chi connectivity index (χ1v) is 9.69. The Morgan fingerprint density at radius 1 is 1.06 bits per heavy atom. The van der Waals surface area contributed by atoms with Crippen molar-refractivity contribution in [3.8, 4) is 0 Å². The Balaban J connectivity index is 0.000000343. The topological polar surface area (TPSA) is 120 Å². The van der Waals surface area contributed by atoms with E-state index in [1.807, 2.05) is 17.2 Å². The number of hydrogen-bond donors (Lipinski definition) is 2. The highest BCUT2D eigenvalue weighted by Gasteiger charge is 2.39. The molecule has 3 heterocycles. The van der Waals surface area contributed by atoms with Gasteiger partial charge in [-0.1, -0.05) is 6.07 Å². The predicted molar refractivity (Wildman–Crippen MR) is 102 cm³/mol. The highest BCUT2D eigenvalue weighted by atomic mass is 19.4. The lowest BCUT2D eigenvalue weighted by atomic mass is 10.1. The van der Waals surface area contributed by atoms with Gasteiger partial charge >= 0.3 is 24.3 Å². The number of carboxylic acids is 2. The van der Waals surface area contributed by atoms with Gasteiger partial charge in [0.15, 0.2) is 0 Å². The summed E-state index contributed by atoms with van der Waals surface area (Å²) >= 11 is 0. The van der Waals surface area contributed by atoms with Crippen molar-refractivity contribution in [3.63, 3.8) is 0 Å². The van der Waals surface area contributed by atoms with Crippen molar-refractivity contribution in [1.82, 2.24) is 14.8 Å². The number of hydrogen-bond acceptors (Lipinski definition) is 6. The van der Waals surface area contributed by atoms with Crippen molar-refractivity contribution in [2.45, 2.75) is 31.9 Å². The molecule has 2 aliphatic heterocycles. The number of ether oxygens (including phenoxy) is 1. The summed E-state index contributed by atoms with van der Waals surface area (Å²) in [5.74, 6) is -4.93. The zero-order valence-electron chi connectivity index (χ0n) is 17.8. The average Bonchev–Trinajstić information content (AvgIpc) is 3.02. The molecule has 2 N–H and O–H groups in total. The fourth-order valence-electron chi connectivity index (χ4n) is 3.11. The van der Waals surface area contributed by atoms with Gasteiger partial charge in [0, 0.05) is 58.0 Å². The lowest BCUT2D eigenvalue weighted by molar-refractivity contribution is -0.193. The van der Waals surface area contributed by atoms with Crippen LogP contribution in [-0.4, -0.2) is 94.1 Å². The van der Waals surface area contributed by atoms with Gasteiger partial charge in [-0.15, -0.1) is 0 Å². The van der Waals surface area contributed by atoms with Crippen LogP contribution >= 0.6 is 0 Å². The van der Waals surface area contributed by atoms with Crippen LogP contribution in [0.2, 0.25) is 0 Å². The zero-order valence-corrected chi connectivity index (χ0v) is 17.8. The highest BCUT2D eigenvalue weighted by Crippen LogP contribution is 2.24. The maximum absolute atomic E-state index is 11.5. The van der Waals surface area contributed by atoms with Crippen LogP contribution in [0.3, 0.4) is 0 Å². The molecule has 192 valence electrons. The third-order valence-electron chi connectivity index (χ3n) is 4.67. The monoisotopic (exact) mass is 503 g/mol. The Kier molecular flexibility index (Phi) is 10.7. The average molecular weight is 503 g/mol. The Morgan fingerprint density at radius 3 is 2.06 bits per heavy atom. The fraction of sp³-hybridized carbons (Fsp3) is 0.579. The van der Waals surface area contributed by atoms with Gasteiger partial charge in [-0.05, 0) is 11.6 Å². The van der Waals surface area contributed by atoms with Crippen LogP contribution in [0.1, 0.15) is 12.5 Å². The van der Waals surface area contributed by atoms with Crippen LogP contribution in [-0.2, 0) is 25.7 Å². The molecular formula is C19H23F6N3O6. The van der Waals surface area contributed by atoms with Gasteiger partial charge in [0.25, 0.3) is 0 Å². The molecule has 3 rings (SSSR count). The van der Waals surface area contributed by atoms with Crippen LogP contribution in [0.25, 0.3) is 0 Å². The number of aliphatic carboxylic acids is 2. The number of fused-ring (bicyclic) bond motifs is 1. The molecule has 1 aromatic heterocycles. The van der Waals surface area contributed by atoms with E-state index in [4.69, 9.17) is 24.5 Å². The summed E-state index contributed by atoms with van der Waals surface area (Å²) in [4.78, 5) is 37.8. The first-order valence-electron chi connectivity index (χ1n) is 9.69. The number of carbonyl (C=O) groups is 3. The van der Waals surface area contributed by atoms with Crippen molar-refractivity contribution in [3.05, 3.63) is 30.1 Å². The number of halogens is 6. The maximum atomic E-state index is 11.5. The second kappa shape index (κ2) is 12.5. The van der Waals surface area contributed by atoms with Crippen molar-refractivity contribution < 1.29 is 55.7 Å². The van der Waals surface area contributed by atoms with Gasteiger partial charge in [-0.2, -0.15) is 26.3 Å². The fourth-order valence-corrected chi connectivity index (χ4v) is 3.11. The molecule has 34 heavy (non-hydrogen) atoms. The van der Waals surface area contributed by atoms with E-state index >= 15 is 0 Å². The Hall–Kier alpha value is -2.94. The van der Waals surface area contributed by atoms with E-state index in [9.17, 15) is 31.1 Å². The third kappa shape index (κ3) is 10.3. The molecule has 0 aliphatic carbocycles. The second-order valence-corrected chi connectivity index (χ2v) is 7.30. The van der Waals surface area contributed by atoms with Crippen LogP contribution in [0.5, 0.6) is 0 Å². The molecule has 0 bridgehead atoms. The number of likely N-dealkylation sites (tertiary alicyclic amines) is 1. The van der Waals surface area contributed by atoms with Crippen LogP contribution in [0.15, 0.2) is 24.5 Å². The molecule has 2 saturated heterocycles. The van der Waals surface area contributed by atoms with Crippen LogP contribution in [0, 0.1) is 5.92 Å². The molecule has 0 aromatic carbocycles. The molecule has 0 radical (unpaired) electrons. The number of alkyl halides is 6. The van der Waals surface area contributed by atoms with E-state index in [-0.39, 0.29) is 12.0 Å². The van der Waals surface area contributed by atoms with Gasteiger partial charge in [0.2, 0.25) is 5.91 Å². The standard InChI is InChI=1S/C15H21N3O2.2C2HF3O2/c1-12(19)18-10-14-9-17(5-6-20-15(14)11-18)8-13-3-2-4-16-7-13;2*3-2(4,5)1(6)7/h2-4,7,14-15H,5-6,8-11H2,1H3;2*(H,6,7)/t14-,15+;;/m0../s1. The molecule has 0 saturated carbocycles. The smallest absolute Gasteiger partial charge is 0.475 e. The predicted octanol–water partition coefficient (Wildman–Crippen LogP) is 2.03. The first-order chi connectivity index (χ1) is 15.6. The summed E-state index contributed by atoms with van der Waals surface area (Å²) in [6.45, 7) is 6.79. The molecule has 2 fully saturated rings. The van der Waals surface area contributed by atoms with Gasteiger partial charge < -0.3 is 19.8 Å². The number of nitrogens with zero attached hydrogens (tertiary/aromatic N) is 3. The molecule has 0 spiro atoms. The van der Waals surface area contributed by atoms with Crippen molar-refractivity contribution >= 4 is 17.8 Å². The van der Waals surface area contributed by atoms with E-state index < -0.39 is 24.3 Å². The largest absolute Gasteiger partial charge is 0.490 e. The number of aromatic nitrogens is 1. The number of carbonyl (C=O) groups excluding carboxylic acids is 1. The lowest BCUT2D eigenvalue weighted by Crippen LogP contribution is -2.33.